The predicted molar refractivity (Wildman–Crippen MR) is 121 cm³/mol. The molecule has 2 aromatic rings. The Morgan fingerprint density at radius 1 is 0.933 bits per heavy atom. The van der Waals surface area contributed by atoms with Gasteiger partial charge in [-0.25, -0.2) is 0 Å². The maximum absolute atomic E-state index is 12.5. The van der Waals surface area contributed by atoms with Gasteiger partial charge in [0.1, 0.15) is 0 Å². The van der Waals surface area contributed by atoms with E-state index in [1.807, 2.05) is 44.2 Å². The minimum absolute atomic E-state index is 0. The average Bonchev–Trinajstić information content (AvgIpc) is 2.72. The minimum Gasteiger partial charge on any atom is -0.352 e. The molecule has 0 unspecified atom stereocenters. The first kappa shape index (κ1) is 25.1. The number of hydrogen-bond donors (Lipinski definition) is 4. The molecule has 8 heteroatoms. The summed E-state index contributed by atoms with van der Waals surface area (Å²) in [5.74, 6) is -1.12. The largest absolute Gasteiger partial charge is 0.352 e. The molecule has 0 bridgehead atoms. The molecule has 0 heterocycles. The van der Waals surface area contributed by atoms with Gasteiger partial charge in [-0.2, -0.15) is 0 Å². The van der Waals surface area contributed by atoms with Crippen LogP contribution < -0.4 is 21.7 Å². The summed E-state index contributed by atoms with van der Waals surface area (Å²) < 4.78 is 0. The molecule has 3 amide bonds. The number of amides is 3. The van der Waals surface area contributed by atoms with Crippen LogP contribution in [-0.4, -0.2) is 36.9 Å². The van der Waals surface area contributed by atoms with Gasteiger partial charge in [0.15, 0.2) is 0 Å². The van der Waals surface area contributed by atoms with Gasteiger partial charge in [0.2, 0.25) is 11.8 Å². The van der Waals surface area contributed by atoms with Crippen molar-refractivity contribution in [3.63, 3.8) is 0 Å². The molecule has 5 N–H and O–H groups in total. The van der Waals surface area contributed by atoms with Crippen LogP contribution in [0.2, 0.25) is 0 Å². The second-order valence-electron chi connectivity index (χ2n) is 7.07. The van der Waals surface area contributed by atoms with E-state index in [1.54, 1.807) is 24.3 Å². The second kappa shape index (κ2) is 12.6. The fraction of sp³-hybridized carbons (Fsp3) is 0.318. The maximum Gasteiger partial charge on any atom is 0.253 e. The first-order valence-electron chi connectivity index (χ1n) is 9.62. The van der Waals surface area contributed by atoms with Crippen LogP contribution in [0.25, 0.3) is 0 Å². The smallest absolute Gasteiger partial charge is 0.253 e. The first-order chi connectivity index (χ1) is 13.9. The highest BCUT2D eigenvalue weighted by molar-refractivity contribution is 6.04. The van der Waals surface area contributed by atoms with Crippen LogP contribution in [0.15, 0.2) is 54.6 Å². The number of para-hydroxylation sites is 1. The van der Waals surface area contributed by atoms with Gasteiger partial charge in [0, 0.05) is 6.54 Å². The summed E-state index contributed by atoms with van der Waals surface area (Å²) in [4.78, 5) is 36.6. The van der Waals surface area contributed by atoms with Gasteiger partial charge < -0.3 is 21.7 Å². The SMILES string of the molecule is CC(C)[C@H](N)C(=O)NCC(=O)Nc1ccccc1C(=O)NCCc1ccccc1.Cl. The number of nitrogens with two attached hydrogens (primary N) is 1. The van der Waals surface area contributed by atoms with E-state index < -0.39 is 11.9 Å². The number of benzene rings is 2. The molecule has 0 aliphatic heterocycles. The van der Waals surface area contributed by atoms with Crippen molar-refractivity contribution >= 4 is 35.8 Å². The molecule has 0 fully saturated rings. The van der Waals surface area contributed by atoms with Crippen molar-refractivity contribution in [1.29, 1.82) is 0 Å². The molecule has 162 valence electrons. The molecule has 0 aliphatic rings. The summed E-state index contributed by atoms with van der Waals surface area (Å²) in [6.45, 7) is 3.92. The number of hydrogen-bond acceptors (Lipinski definition) is 4. The highest BCUT2D eigenvalue weighted by atomic mass is 35.5. The molecule has 0 spiro atoms. The van der Waals surface area contributed by atoms with Gasteiger partial charge in [-0.3, -0.25) is 14.4 Å². The number of anilines is 1. The third-order valence-corrected chi connectivity index (χ3v) is 4.43. The van der Waals surface area contributed by atoms with Gasteiger partial charge in [0.05, 0.1) is 23.8 Å². The van der Waals surface area contributed by atoms with E-state index in [-0.39, 0.29) is 36.7 Å². The van der Waals surface area contributed by atoms with E-state index in [1.165, 1.54) is 0 Å². The normalized spacial score (nSPS) is 11.2. The fourth-order valence-electron chi connectivity index (χ4n) is 2.63. The Hall–Kier alpha value is -2.90. The zero-order valence-corrected chi connectivity index (χ0v) is 18.0. The summed E-state index contributed by atoms with van der Waals surface area (Å²) in [5.41, 5.74) is 7.63. The molecule has 0 aromatic heterocycles. The number of nitrogens with one attached hydrogen (secondary N) is 3. The molecule has 7 nitrogen and oxygen atoms in total. The lowest BCUT2D eigenvalue weighted by Gasteiger charge is -2.15. The van der Waals surface area contributed by atoms with Crippen molar-refractivity contribution in [1.82, 2.24) is 10.6 Å². The molecular formula is C22H29ClN4O3. The number of rotatable bonds is 9. The van der Waals surface area contributed by atoms with Crippen molar-refractivity contribution in [3.8, 4) is 0 Å². The van der Waals surface area contributed by atoms with Crippen LogP contribution in [-0.2, 0) is 16.0 Å². The number of carbonyl (C=O) groups excluding carboxylic acids is 3. The highest BCUT2D eigenvalue weighted by Crippen LogP contribution is 2.14. The van der Waals surface area contributed by atoms with Crippen LogP contribution in [0.3, 0.4) is 0 Å². The summed E-state index contributed by atoms with van der Waals surface area (Å²) in [5, 5.41) is 8.04. The number of halogens is 1. The molecule has 0 radical (unpaired) electrons. The Bertz CT molecular complexity index is 843. The van der Waals surface area contributed by atoms with Crippen LogP contribution in [0.4, 0.5) is 5.69 Å². The highest BCUT2D eigenvalue weighted by Gasteiger charge is 2.18. The summed E-state index contributed by atoms with van der Waals surface area (Å²) in [6, 6.07) is 15.9. The van der Waals surface area contributed by atoms with Crippen molar-refractivity contribution in [3.05, 3.63) is 65.7 Å². The summed E-state index contributed by atoms with van der Waals surface area (Å²) in [6.07, 6.45) is 0.712. The monoisotopic (exact) mass is 432 g/mol. The Labute approximate surface area is 183 Å². The van der Waals surface area contributed by atoms with E-state index >= 15 is 0 Å². The molecule has 2 aromatic carbocycles. The van der Waals surface area contributed by atoms with Crippen molar-refractivity contribution in [2.75, 3.05) is 18.4 Å². The fourth-order valence-corrected chi connectivity index (χ4v) is 2.63. The topological polar surface area (TPSA) is 113 Å². The Balaban J connectivity index is 0.00000450. The van der Waals surface area contributed by atoms with Crippen LogP contribution in [0.1, 0.15) is 29.8 Å². The van der Waals surface area contributed by atoms with E-state index in [0.29, 0.717) is 24.2 Å². The lowest BCUT2D eigenvalue weighted by atomic mass is 10.1. The first-order valence-corrected chi connectivity index (χ1v) is 9.62. The van der Waals surface area contributed by atoms with Crippen LogP contribution >= 0.6 is 12.4 Å². The van der Waals surface area contributed by atoms with Crippen LogP contribution in [0.5, 0.6) is 0 Å². The zero-order chi connectivity index (χ0) is 21.2. The van der Waals surface area contributed by atoms with E-state index in [9.17, 15) is 14.4 Å². The average molecular weight is 433 g/mol. The molecule has 0 aliphatic carbocycles. The van der Waals surface area contributed by atoms with Gasteiger partial charge in [-0.05, 0) is 30.0 Å². The number of carbonyl (C=O) groups is 3. The predicted octanol–water partition coefficient (Wildman–Crippen LogP) is 2.12. The van der Waals surface area contributed by atoms with Gasteiger partial charge in [-0.1, -0.05) is 56.3 Å². The maximum atomic E-state index is 12.5. The summed E-state index contributed by atoms with van der Waals surface area (Å²) >= 11 is 0. The lowest BCUT2D eigenvalue weighted by Crippen LogP contribution is -2.46. The van der Waals surface area contributed by atoms with E-state index in [4.69, 9.17) is 5.73 Å². The standard InChI is InChI=1S/C22H28N4O3.ClH/c1-15(2)20(23)22(29)25-14-19(27)26-18-11-7-6-10-17(18)21(28)24-13-12-16-8-4-3-5-9-16;/h3-11,15,20H,12-14,23H2,1-2H3,(H,24,28)(H,25,29)(H,26,27);1H/t20-;/m0./s1. The molecule has 1 atom stereocenters. The van der Waals surface area contributed by atoms with Crippen molar-refractivity contribution < 1.29 is 14.4 Å². The Kier molecular flexibility index (Phi) is 10.6. The molecule has 30 heavy (non-hydrogen) atoms. The van der Waals surface area contributed by atoms with Gasteiger partial charge in [-0.15, -0.1) is 12.4 Å². The molecule has 2 rings (SSSR count). The molecular weight excluding hydrogens is 404 g/mol. The van der Waals surface area contributed by atoms with Gasteiger partial charge in [0.25, 0.3) is 5.91 Å². The second-order valence-corrected chi connectivity index (χ2v) is 7.07. The zero-order valence-electron chi connectivity index (χ0n) is 17.2. The van der Waals surface area contributed by atoms with Crippen molar-refractivity contribution in [2.45, 2.75) is 26.3 Å². The Morgan fingerprint density at radius 3 is 2.23 bits per heavy atom. The lowest BCUT2D eigenvalue weighted by molar-refractivity contribution is -0.125. The van der Waals surface area contributed by atoms with Gasteiger partial charge >= 0.3 is 0 Å². The van der Waals surface area contributed by atoms with E-state index in [2.05, 4.69) is 16.0 Å². The minimum atomic E-state index is -0.675. The third kappa shape index (κ3) is 7.85. The van der Waals surface area contributed by atoms with Crippen LogP contribution in [0, 0.1) is 5.92 Å². The molecule has 0 saturated heterocycles. The third-order valence-electron chi connectivity index (χ3n) is 4.43. The summed E-state index contributed by atoms with van der Waals surface area (Å²) in [7, 11) is 0. The quantitative estimate of drug-likeness (QED) is 0.486. The van der Waals surface area contributed by atoms with Crippen molar-refractivity contribution in [2.24, 2.45) is 11.7 Å². The Morgan fingerprint density at radius 2 is 1.57 bits per heavy atom. The van der Waals surface area contributed by atoms with E-state index in [0.717, 1.165) is 5.56 Å². The molecule has 0 saturated carbocycles.